The molecule has 1 fully saturated rings. The van der Waals surface area contributed by atoms with Gasteiger partial charge >= 0.3 is 0 Å². The first-order valence-corrected chi connectivity index (χ1v) is 5.07. The largest absolute Gasteiger partial charge is 0.336 e. The molecule has 1 saturated heterocycles. The Morgan fingerprint density at radius 1 is 1.31 bits per heavy atom. The third-order valence-electron chi connectivity index (χ3n) is 2.39. The lowest BCUT2D eigenvalue weighted by Crippen LogP contribution is -2.41. The van der Waals surface area contributed by atoms with Gasteiger partial charge in [0.1, 0.15) is 0 Å². The van der Waals surface area contributed by atoms with Crippen LogP contribution in [0.15, 0.2) is 0 Å². The number of hydrogen-bond acceptors (Lipinski definition) is 2. The number of amides is 1. The smallest absolute Gasteiger partial charge is 0.289 e. The number of nitrogens with zero attached hydrogens (tertiary/aromatic N) is 1. The van der Waals surface area contributed by atoms with Gasteiger partial charge in [0, 0.05) is 19.5 Å². The van der Waals surface area contributed by atoms with Crippen molar-refractivity contribution in [2.75, 3.05) is 13.1 Å². The van der Waals surface area contributed by atoms with Crippen LogP contribution in [-0.2, 0) is 9.59 Å². The summed E-state index contributed by atoms with van der Waals surface area (Å²) in [5.41, 5.74) is 0. The highest BCUT2D eigenvalue weighted by atomic mass is 16.2. The Kier molecular flexibility index (Phi) is 3.93. The van der Waals surface area contributed by atoms with Crippen LogP contribution >= 0.6 is 0 Å². The minimum absolute atomic E-state index is 0.206. The summed E-state index contributed by atoms with van der Waals surface area (Å²) >= 11 is 0. The molecule has 0 radical (unpaired) electrons. The molecule has 1 aliphatic rings. The van der Waals surface area contributed by atoms with Crippen LogP contribution < -0.4 is 0 Å². The fraction of sp³-hybridized carbons (Fsp3) is 0.800. The van der Waals surface area contributed by atoms with E-state index in [1.807, 2.05) is 0 Å². The Morgan fingerprint density at radius 3 is 2.77 bits per heavy atom. The average molecular weight is 183 g/mol. The molecule has 1 aliphatic heterocycles. The van der Waals surface area contributed by atoms with Crippen LogP contribution in [0.5, 0.6) is 0 Å². The lowest BCUT2D eigenvalue weighted by molar-refractivity contribution is -0.147. The molecule has 0 saturated carbocycles. The van der Waals surface area contributed by atoms with Gasteiger partial charge < -0.3 is 4.90 Å². The molecule has 0 spiro atoms. The van der Waals surface area contributed by atoms with Crippen LogP contribution in [0.25, 0.3) is 0 Å². The van der Waals surface area contributed by atoms with Crippen molar-refractivity contribution in [3.05, 3.63) is 0 Å². The summed E-state index contributed by atoms with van der Waals surface area (Å²) in [6.45, 7) is 3.66. The monoisotopic (exact) mass is 183 g/mol. The molecule has 0 aromatic carbocycles. The number of rotatable bonds is 4. The van der Waals surface area contributed by atoms with E-state index in [-0.39, 0.29) is 11.7 Å². The second-order valence-corrected chi connectivity index (χ2v) is 3.53. The number of likely N-dealkylation sites (tertiary alicyclic amines) is 1. The number of piperidine rings is 1. The zero-order chi connectivity index (χ0) is 9.68. The Bertz CT molecular complexity index is 201. The summed E-state index contributed by atoms with van der Waals surface area (Å²) in [5, 5.41) is 0. The zero-order valence-corrected chi connectivity index (χ0v) is 8.21. The van der Waals surface area contributed by atoms with Crippen LogP contribution in [0.2, 0.25) is 0 Å². The van der Waals surface area contributed by atoms with Gasteiger partial charge in [-0.25, -0.2) is 0 Å². The summed E-state index contributed by atoms with van der Waals surface area (Å²) in [4.78, 5) is 24.0. The summed E-state index contributed by atoms with van der Waals surface area (Å²) in [6.07, 6.45) is 4.60. The molecular weight excluding hydrogens is 166 g/mol. The second kappa shape index (κ2) is 5.00. The molecule has 13 heavy (non-hydrogen) atoms. The normalized spacial score (nSPS) is 18.1. The number of Topliss-reactive ketones (excluding diaryl/α,β-unsaturated/α-hetero) is 1. The highest BCUT2D eigenvalue weighted by Crippen LogP contribution is 2.08. The molecule has 0 unspecified atom stereocenters. The first kappa shape index (κ1) is 10.2. The molecule has 74 valence electrons. The predicted molar refractivity (Wildman–Crippen MR) is 50.3 cm³/mol. The Balaban J connectivity index is 2.31. The Morgan fingerprint density at radius 2 is 2.08 bits per heavy atom. The highest BCUT2D eigenvalue weighted by Gasteiger charge is 2.25. The van der Waals surface area contributed by atoms with Gasteiger partial charge in [0.25, 0.3) is 5.91 Å². The number of unbranched alkanes of at least 4 members (excludes halogenated alkanes) is 2. The SMILES string of the molecule is CCCCCN1CCCC(=O)C1=O. The average Bonchev–Trinajstić information content (AvgIpc) is 2.13. The van der Waals surface area contributed by atoms with Crippen molar-refractivity contribution >= 4 is 11.7 Å². The van der Waals surface area contributed by atoms with E-state index in [1.54, 1.807) is 4.90 Å². The van der Waals surface area contributed by atoms with E-state index in [0.29, 0.717) is 6.42 Å². The van der Waals surface area contributed by atoms with Crippen molar-refractivity contribution in [3.8, 4) is 0 Å². The summed E-state index contributed by atoms with van der Waals surface area (Å²) < 4.78 is 0. The predicted octanol–water partition coefficient (Wildman–Crippen LogP) is 1.37. The van der Waals surface area contributed by atoms with Crippen molar-refractivity contribution in [1.29, 1.82) is 0 Å². The first-order valence-electron chi connectivity index (χ1n) is 5.07. The summed E-state index contributed by atoms with van der Waals surface area (Å²) in [7, 11) is 0. The van der Waals surface area contributed by atoms with Gasteiger partial charge in [-0.1, -0.05) is 19.8 Å². The Hall–Kier alpha value is -0.860. The third kappa shape index (κ3) is 2.83. The summed E-state index contributed by atoms with van der Waals surface area (Å²) in [5.74, 6) is -0.467. The van der Waals surface area contributed by atoms with Crippen LogP contribution in [0.3, 0.4) is 0 Å². The molecule has 0 bridgehead atoms. The lowest BCUT2D eigenvalue weighted by atomic mass is 10.1. The van der Waals surface area contributed by atoms with Gasteiger partial charge in [0.2, 0.25) is 5.78 Å². The van der Waals surface area contributed by atoms with Crippen molar-refractivity contribution in [3.63, 3.8) is 0 Å². The standard InChI is InChI=1S/C10H17NO2/c1-2-3-4-7-11-8-5-6-9(12)10(11)13/h2-8H2,1H3. The molecular formula is C10H17NO2. The minimum Gasteiger partial charge on any atom is -0.336 e. The molecule has 0 N–H and O–H groups in total. The molecule has 0 atom stereocenters. The van der Waals surface area contributed by atoms with Crippen LogP contribution in [0, 0.1) is 0 Å². The number of carbonyl (C=O) groups excluding carboxylic acids is 2. The number of hydrogen-bond donors (Lipinski definition) is 0. The molecule has 1 heterocycles. The van der Waals surface area contributed by atoms with Crippen molar-refractivity contribution < 1.29 is 9.59 Å². The van der Waals surface area contributed by atoms with Gasteiger partial charge in [-0.2, -0.15) is 0 Å². The highest BCUT2D eigenvalue weighted by molar-refractivity contribution is 6.36. The van der Waals surface area contributed by atoms with E-state index in [1.165, 1.54) is 0 Å². The molecule has 0 aromatic rings. The summed E-state index contributed by atoms with van der Waals surface area (Å²) in [6, 6.07) is 0. The third-order valence-corrected chi connectivity index (χ3v) is 2.39. The van der Waals surface area contributed by atoms with E-state index in [4.69, 9.17) is 0 Å². The van der Waals surface area contributed by atoms with E-state index in [2.05, 4.69) is 6.92 Å². The van der Waals surface area contributed by atoms with Crippen LogP contribution in [-0.4, -0.2) is 29.7 Å². The van der Waals surface area contributed by atoms with Crippen LogP contribution in [0.1, 0.15) is 39.0 Å². The molecule has 0 aromatic heterocycles. The maximum atomic E-state index is 11.3. The Labute approximate surface area is 79.1 Å². The van der Waals surface area contributed by atoms with Crippen molar-refractivity contribution in [2.24, 2.45) is 0 Å². The van der Waals surface area contributed by atoms with Crippen molar-refractivity contribution in [2.45, 2.75) is 39.0 Å². The van der Waals surface area contributed by atoms with Gasteiger partial charge in [0.15, 0.2) is 0 Å². The van der Waals surface area contributed by atoms with Gasteiger partial charge in [0.05, 0.1) is 0 Å². The van der Waals surface area contributed by atoms with Gasteiger partial charge in [-0.05, 0) is 12.8 Å². The lowest BCUT2D eigenvalue weighted by Gasteiger charge is -2.25. The van der Waals surface area contributed by atoms with Crippen LogP contribution in [0.4, 0.5) is 0 Å². The van der Waals surface area contributed by atoms with Gasteiger partial charge in [-0.15, -0.1) is 0 Å². The molecule has 3 nitrogen and oxygen atoms in total. The molecule has 1 rings (SSSR count). The second-order valence-electron chi connectivity index (χ2n) is 3.53. The van der Waals surface area contributed by atoms with Gasteiger partial charge in [-0.3, -0.25) is 9.59 Å². The van der Waals surface area contributed by atoms with Crippen molar-refractivity contribution in [1.82, 2.24) is 4.90 Å². The van der Waals surface area contributed by atoms with E-state index in [0.717, 1.165) is 38.8 Å². The maximum Gasteiger partial charge on any atom is 0.289 e. The fourth-order valence-electron chi connectivity index (χ4n) is 1.58. The minimum atomic E-state index is -0.262. The maximum absolute atomic E-state index is 11.3. The topological polar surface area (TPSA) is 37.4 Å². The fourth-order valence-corrected chi connectivity index (χ4v) is 1.58. The van der Waals surface area contributed by atoms with E-state index >= 15 is 0 Å². The van der Waals surface area contributed by atoms with E-state index in [9.17, 15) is 9.59 Å². The molecule has 0 aliphatic carbocycles. The zero-order valence-electron chi connectivity index (χ0n) is 8.21. The molecule has 1 amide bonds. The first-order chi connectivity index (χ1) is 6.25. The molecule has 3 heteroatoms. The van der Waals surface area contributed by atoms with E-state index < -0.39 is 0 Å². The number of ketones is 1. The quantitative estimate of drug-likeness (QED) is 0.487. The number of carbonyl (C=O) groups is 2.